The second-order valence-electron chi connectivity index (χ2n) is 4.96. The topological polar surface area (TPSA) is 38.3 Å². The maximum Gasteiger partial charge on any atom is 0.157 e. The first-order valence-electron chi connectivity index (χ1n) is 5.27. The van der Waals surface area contributed by atoms with Gasteiger partial charge in [-0.2, -0.15) is 0 Å². The van der Waals surface area contributed by atoms with Crippen LogP contribution in [0.3, 0.4) is 0 Å². The monoisotopic (exact) mass is 199 g/mol. The van der Waals surface area contributed by atoms with E-state index in [1.165, 1.54) is 0 Å². The van der Waals surface area contributed by atoms with Crippen molar-refractivity contribution in [2.45, 2.75) is 45.8 Å². The smallest absolute Gasteiger partial charge is 0.157 e. The molecule has 1 heterocycles. The quantitative estimate of drug-likeness (QED) is 0.730. The number of carbonyl (C=O) groups excluding carboxylic acids is 1. The van der Waals surface area contributed by atoms with Gasteiger partial charge in [-0.3, -0.25) is 4.79 Å². The summed E-state index contributed by atoms with van der Waals surface area (Å²) in [6.07, 6.45) is 2.12. The molecule has 3 nitrogen and oxygen atoms in total. The minimum Gasteiger partial charge on any atom is -0.379 e. The van der Waals surface area contributed by atoms with E-state index >= 15 is 0 Å². The van der Waals surface area contributed by atoms with Gasteiger partial charge in [0.05, 0.1) is 12.1 Å². The predicted molar refractivity (Wildman–Crippen MR) is 56.3 cm³/mol. The molecule has 2 unspecified atom stereocenters. The van der Waals surface area contributed by atoms with Gasteiger partial charge >= 0.3 is 0 Å². The van der Waals surface area contributed by atoms with Crippen molar-refractivity contribution < 1.29 is 9.53 Å². The van der Waals surface area contributed by atoms with E-state index in [-0.39, 0.29) is 23.3 Å². The molecule has 1 N–H and O–H groups in total. The van der Waals surface area contributed by atoms with Crippen molar-refractivity contribution in [3.63, 3.8) is 0 Å². The molecule has 1 saturated heterocycles. The van der Waals surface area contributed by atoms with Gasteiger partial charge in [0, 0.05) is 12.5 Å². The molecule has 0 bridgehead atoms. The van der Waals surface area contributed by atoms with Gasteiger partial charge < -0.3 is 10.1 Å². The first-order valence-corrected chi connectivity index (χ1v) is 5.27. The van der Waals surface area contributed by atoms with Crippen molar-refractivity contribution >= 4 is 5.78 Å². The zero-order chi connectivity index (χ0) is 10.8. The molecule has 0 aromatic heterocycles. The minimum absolute atomic E-state index is 0.0514. The van der Waals surface area contributed by atoms with Gasteiger partial charge in [-0.1, -0.05) is 20.8 Å². The Morgan fingerprint density at radius 2 is 2.07 bits per heavy atom. The predicted octanol–water partition coefficient (Wildman–Crippen LogP) is 1.37. The molecule has 0 aromatic rings. The number of rotatable bonds is 2. The summed E-state index contributed by atoms with van der Waals surface area (Å²) in [5.41, 5.74) is -0.286. The van der Waals surface area contributed by atoms with E-state index in [1.54, 1.807) is 7.11 Å². The highest BCUT2D eigenvalue weighted by Gasteiger charge is 2.36. The standard InChI is InChI=1S/C11H21NO2/c1-11(2,3)10(13)9-8(14-4)6-5-7-12-9/h8-9,12H,5-7H2,1-4H3. The lowest BCUT2D eigenvalue weighted by atomic mass is 9.82. The van der Waals surface area contributed by atoms with E-state index in [4.69, 9.17) is 4.74 Å². The average molecular weight is 199 g/mol. The van der Waals surface area contributed by atoms with Crippen LogP contribution in [0.15, 0.2) is 0 Å². The molecule has 82 valence electrons. The van der Waals surface area contributed by atoms with Crippen LogP contribution in [0.4, 0.5) is 0 Å². The van der Waals surface area contributed by atoms with E-state index in [0.29, 0.717) is 0 Å². The molecular formula is C11H21NO2. The number of hydrogen-bond acceptors (Lipinski definition) is 3. The third kappa shape index (κ3) is 2.55. The van der Waals surface area contributed by atoms with Gasteiger partial charge in [0.15, 0.2) is 5.78 Å². The van der Waals surface area contributed by atoms with Crippen LogP contribution >= 0.6 is 0 Å². The molecule has 2 atom stereocenters. The maximum atomic E-state index is 12.0. The van der Waals surface area contributed by atoms with Gasteiger partial charge in [0.1, 0.15) is 0 Å². The van der Waals surface area contributed by atoms with Crippen LogP contribution in [0, 0.1) is 5.41 Å². The van der Waals surface area contributed by atoms with Crippen LogP contribution in [-0.2, 0) is 9.53 Å². The number of carbonyl (C=O) groups is 1. The van der Waals surface area contributed by atoms with Crippen molar-refractivity contribution in [1.29, 1.82) is 0 Å². The van der Waals surface area contributed by atoms with Gasteiger partial charge in [-0.25, -0.2) is 0 Å². The Labute approximate surface area is 86.2 Å². The van der Waals surface area contributed by atoms with Crippen molar-refractivity contribution in [2.24, 2.45) is 5.41 Å². The number of nitrogens with one attached hydrogen (secondary N) is 1. The van der Waals surface area contributed by atoms with Crippen LogP contribution in [-0.4, -0.2) is 31.6 Å². The van der Waals surface area contributed by atoms with Crippen molar-refractivity contribution in [3.05, 3.63) is 0 Å². The Morgan fingerprint density at radius 1 is 1.43 bits per heavy atom. The summed E-state index contributed by atoms with van der Waals surface area (Å²) in [6, 6.07) is -0.117. The number of Topliss-reactive ketones (excluding diaryl/α,β-unsaturated/α-hetero) is 1. The lowest BCUT2D eigenvalue weighted by Gasteiger charge is -2.34. The molecule has 0 spiro atoms. The molecule has 1 rings (SSSR count). The summed E-state index contributed by atoms with van der Waals surface area (Å²) >= 11 is 0. The van der Waals surface area contributed by atoms with Crippen molar-refractivity contribution in [2.75, 3.05) is 13.7 Å². The fourth-order valence-electron chi connectivity index (χ4n) is 1.84. The van der Waals surface area contributed by atoms with Crippen LogP contribution < -0.4 is 5.32 Å². The molecular weight excluding hydrogens is 178 g/mol. The number of ether oxygens (including phenoxy) is 1. The Kier molecular flexibility index (Phi) is 3.67. The summed E-state index contributed by atoms with van der Waals surface area (Å²) < 4.78 is 5.34. The fraction of sp³-hybridized carbons (Fsp3) is 0.909. The lowest BCUT2D eigenvalue weighted by molar-refractivity contribution is -0.133. The zero-order valence-corrected chi connectivity index (χ0v) is 9.59. The molecule has 0 aliphatic carbocycles. The first-order chi connectivity index (χ1) is 6.46. The first kappa shape index (κ1) is 11.7. The second-order valence-corrected chi connectivity index (χ2v) is 4.96. The Hall–Kier alpha value is -0.410. The molecule has 0 aromatic carbocycles. The zero-order valence-electron chi connectivity index (χ0n) is 9.59. The number of hydrogen-bond donors (Lipinski definition) is 1. The van der Waals surface area contributed by atoms with E-state index in [0.717, 1.165) is 19.4 Å². The van der Waals surface area contributed by atoms with Crippen molar-refractivity contribution in [3.8, 4) is 0 Å². The number of piperidine rings is 1. The normalized spacial score (nSPS) is 28.9. The molecule has 1 aliphatic heterocycles. The summed E-state index contributed by atoms with van der Waals surface area (Å²) in [5, 5.41) is 3.25. The number of ketones is 1. The van der Waals surface area contributed by atoms with Gasteiger partial charge in [0.2, 0.25) is 0 Å². The van der Waals surface area contributed by atoms with E-state index in [2.05, 4.69) is 5.32 Å². The van der Waals surface area contributed by atoms with E-state index in [9.17, 15) is 4.79 Å². The molecule has 14 heavy (non-hydrogen) atoms. The summed E-state index contributed by atoms with van der Waals surface area (Å²) in [5.74, 6) is 0.254. The third-order valence-corrected chi connectivity index (χ3v) is 2.73. The highest BCUT2D eigenvalue weighted by molar-refractivity contribution is 5.89. The Bertz CT molecular complexity index is 208. The average Bonchev–Trinajstić information content (AvgIpc) is 2.15. The fourth-order valence-corrected chi connectivity index (χ4v) is 1.84. The Morgan fingerprint density at radius 3 is 2.57 bits per heavy atom. The molecule has 3 heteroatoms. The highest BCUT2D eigenvalue weighted by atomic mass is 16.5. The maximum absolute atomic E-state index is 12.0. The molecule has 1 aliphatic rings. The minimum atomic E-state index is -0.286. The van der Waals surface area contributed by atoms with Gasteiger partial charge in [0.25, 0.3) is 0 Å². The highest BCUT2D eigenvalue weighted by Crippen LogP contribution is 2.22. The van der Waals surface area contributed by atoms with Crippen LogP contribution in [0.5, 0.6) is 0 Å². The van der Waals surface area contributed by atoms with Gasteiger partial charge in [-0.05, 0) is 19.4 Å². The Balaban J connectivity index is 2.69. The third-order valence-electron chi connectivity index (χ3n) is 2.73. The second kappa shape index (κ2) is 4.41. The van der Waals surface area contributed by atoms with Crippen LogP contribution in [0.2, 0.25) is 0 Å². The molecule has 0 saturated carbocycles. The summed E-state index contributed by atoms with van der Waals surface area (Å²) in [7, 11) is 1.68. The molecule has 0 radical (unpaired) electrons. The van der Waals surface area contributed by atoms with Crippen LogP contribution in [0.25, 0.3) is 0 Å². The SMILES string of the molecule is COC1CCCNC1C(=O)C(C)(C)C. The number of methoxy groups -OCH3 is 1. The van der Waals surface area contributed by atoms with Gasteiger partial charge in [-0.15, -0.1) is 0 Å². The van der Waals surface area contributed by atoms with E-state index in [1.807, 2.05) is 20.8 Å². The lowest BCUT2D eigenvalue weighted by Crippen LogP contribution is -2.54. The van der Waals surface area contributed by atoms with E-state index < -0.39 is 0 Å². The van der Waals surface area contributed by atoms with Crippen molar-refractivity contribution in [1.82, 2.24) is 5.32 Å². The summed E-state index contributed by atoms with van der Waals surface area (Å²) in [4.78, 5) is 12.0. The summed E-state index contributed by atoms with van der Waals surface area (Å²) in [6.45, 7) is 6.79. The molecule has 0 amide bonds. The van der Waals surface area contributed by atoms with Crippen LogP contribution in [0.1, 0.15) is 33.6 Å². The largest absolute Gasteiger partial charge is 0.379 e. The molecule has 1 fully saturated rings.